The first-order valence-electron chi connectivity index (χ1n) is 4.50. The summed E-state index contributed by atoms with van der Waals surface area (Å²) in [5, 5.41) is 0. The number of hydrogen-bond donors (Lipinski definition) is 0. The van der Waals surface area contributed by atoms with Gasteiger partial charge in [-0.3, -0.25) is 0 Å². The predicted octanol–water partition coefficient (Wildman–Crippen LogP) is 4.73. The van der Waals surface area contributed by atoms with Gasteiger partial charge < -0.3 is 0 Å². The second-order valence-electron chi connectivity index (χ2n) is 3.74. The lowest BCUT2D eigenvalue weighted by atomic mass is 10.0. The summed E-state index contributed by atoms with van der Waals surface area (Å²) in [4.78, 5) is 2.90. The highest BCUT2D eigenvalue weighted by Crippen LogP contribution is 2.49. The Labute approximate surface area is 91.8 Å². The van der Waals surface area contributed by atoms with Gasteiger partial charge in [0.1, 0.15) is 0 Å². The molecule has 0 bridgehead atoms. The van der Waals surface area contributed by atoms with Crippen molar-refractivity contribution in [2.24, 2.45) is 0 Å². The minimum absolute atomic E-state index is 0.606. The summed E-state index contributed by atoms with van der Waals surface area (Å²) >= 11 is 5.59. The van der Waals surface area contributed by atoms with Crippen LogP contribution in [0.1, 0.15) is 42.0 Å². The Morgan fingerprint density at radius 1 is 1.23 bits per heavy atom. The van der Waals surface area contributed by atoms with Crippen molar-refractivity contribution in [2.45, 2.75) is 33.6 Å². The first kappa shape index (κ1) is 9.47. The highest BCUT2D eigenvalue weighted by molar-refractivity contribution is 9.10. The lowest BCUT2D eigenvalue weighted by Crippen LogP contribution is -1.89. The van der Waals surface area contributed by atoms with E-state index in [9.17, 15) is 0 Å². The molecule has 0 aliphatic heterocycles. The van der Waals surface area contributed by atoms with Gasteiger partial charge in [0.25, 0.3) is 0 Å². The van der Waals surface area contributed by atoms with Gasteiger partial charge in [-0.15, -0.1) is 11.3 Å². The predicted molar refractivity (Wildman–Crippen MR) is 63.4 cm³/mol. The first-order valence-corrected chi connectivity index (χ1v) is 6.11. The van der Waals surface area contributed by atoms with E-state index in [0.717, 1.165) is 0 Å². The monoisotopic (exact) mass is 256 g/mol. The third-order valence-corrected chi connectivity index (χ3v) is 5.58. The summed E-state index contributed by atoms with van der Waals surface area (Å²) in [6, 6.07) is 0. The van der Waals surface area contributed by atoms with Crippen LogP contribution in [0.4, 0.5) is 0 Å². The number of hydrogen-bond acceptors (Lipinski definition) is 1. The maximum Gasteiger partial charge on any atom is 0.0355 e. The molecule has 0 saturated carbocycles. The van der Waals surface area contributed by atoms with Crippen molar-refractivity contribution in [1.82, 2.24) is 0 Å². The van der Waals surface area contributed by atoms with E-state index >= 15 is 0 Å². The van der Waals surface area contributed by atoms with Crippen molar-refractivity contribution < 1.29 is 0 Å². The average Bonchev–Trinajstić information content (AvgIpc) is 2.48. The number of fused-ring (bicyclic) bond motifs is 1. The second kappa shape index (κ2) is 2.96. The molecular weight excluding hydrogens is 244 g/mol. The van der Waals surface area contributed by atoms with E-state index in [-0.39, 0.29) is 0 Å². The molecular formula is C11H13BrS. The molecule has 0 amide bonds. The zero-order valence-corrected chi connectivity index (χ0v) is 10.8. The van der Waals surface area contributed by atoms with Crippen LogP contribution in [0.5, 0.6) is 0 Å². The molecule has 1 unspecified atom stereocenters. The van der Waals surface area contributed by atoms with Crippen molar-refractivity contribution in [2.75, 3.05) is 0 Å². The zero-order chi connectivity index (χ0) is 9.75. The van der Waals surface area contributed by atoms with E-state index in [1.165, 1.54) is 30.9 Å². The molecule has 70 valence electrons. The molecule has 2 rings (SSSR count). The minimum Gasteiger partial charge on any atom is -0.139 e. The molecule has 13 heavy (non-hydrogen) atoms. The van der Waals surface area contributed by atoms with Crippen molar-refractivity contribution in [3.05, 3.63) is 25.4 Å². The van der Waals surface area contributed by atoms with Gasteiger partial charge in [-0.1, -0.05) is 12.5 Å². The Balaban J connectivity index is 2.70. The molecule has 0 radical (unpaired) electrons. The fourth-order valence-corrected chi connectivity index (χ4v) is 4.05. The van der Waals surface area contributed by atoms with Crippen molar-refractivity contribution in [3.63, 3.8) is 0 Å². The fourth-order valence-electron chi connectivity index (χ4n) is 1.93. The lowest BCUT2D eigenvalue weighted by molar-refractivity contribution is 0.917. The van der Waals surface area contributed by atoms with Gasteiger partial charge in [-0.2, -0.15) is 0 Å². The highest BCUT2D eigenvalue weighted by atomic mass is 79.9. The average molecular weight is 257 g/mol. The smallest absolute Gasteiger partial charge is 0.0355 e. The first-order chi connectivity index (χ1) is 6.04. The van der Waals surface area contributed by atoms with Crippen molar-refractivity contribution >= 4 is 32.8 Å². The SMILES string of the molecule is CC1=C(C)C(C)c2c1sc(C)c2Br. The van der Waals surface area contributed by atoms with E-state index in [4.69, 9.17) is 0 Å². The second-order valence-corrected chi connectivity index (χ2v) is 5.76. The molecule has 1 atom stereocenters. The van der Waals surface area contributed by atoms with Gasteiger partial charge in [0.2, 0.25) is 0 Å². The van der Waals surface area contributed by atoms with Crippen LogP contribution in [-0.4, -0.2) is 0 Å². The normalized spacial score (nSPS) is 21.2. The Morgan fingerprint density at radius 2 is 1.85 bits per heavy atom. The number of rotatable bonds is 0. The van der Waals surface area contributed by atoms with Crippen LogP contribution in [0.2, 0.25) is 0 Å². The Morgan fingerprint density at radius 3 is 2.38 bits per heavy atom. The molecule has 1 heterocycles. The summed E-state index contributed by atoms with van der Waals surface area (Å²) < 4.78 is 1.33. The van der Waals surface area contributed by atoms with E-state index < -0.39 is 0 Å². The number of thiophene rings is 1. The van der Waals surface area contributed by atoms with Crippen molar-refractivity contribution in [1.29, 1.82) is 0 Å². The van der Waals surface area contributed by atoms with Gasteiger partial charge >= 0.3 is 0 Å². The Bertz CT molecular complexity index is 398. The quantitative estimate of drug-likeness (QED) is 0.630. The summed E-state index contributed by atoms with van der Waals surface area (Å²) in [7, 11) is 0. The summed E-state index contributed by atoms with van der Waals surface area (Å²) in [6.07, 6.45) is 0. The molecule has 0 N–H and O–H groups in total. The Kier molecular flexibility index (Phi) is 2.16. The third-order valence-electron chi connectivity index (χ3n) is 3.06. The number of allylic oxidation sites excluding steroid dienone is 2. The molecule has 2 heteroatoms. The van der Waals surface area contributed by atoms with E-state index in [1.807, 2.05) is 11.3 Å². The van der Waals surface area contributed by atoms with Crippen LogP contribution in [0.15, 0.2) is 10.0 Å². The van der Waals surface area contributed by atoms with Gasteiger partial charge in [-0.25, -0.2) is 0 Å². The zero-order valence-electron chi connectivity index (χ0n) is 8.36. The Hall–Kier alpha value is -0.0800. The van der Waals surface area contributed by atoms with Crippen LogP contribution >= 0.6 is 27.3 Å². The number of halogens is 1. The molecule has 1 aliphatic carbocycles. The summed E-state index contributed by atoms with van der Waals surface area (Å²) in [6.45, 7) is 8.96. The summed E-state index contributed by atoms with van der Waals surface area (Å²) in [5.41, 5.74) is 4.53. The van der Waals surface area contributed by atoms with E-state index in [1.54, 1.807) is 0 Å². The molecule has 0 aromatic carbocycles. The lowest BCUT2D eigenvalue weighted by Gasteiger charge is -2.06. The largest absolute Gasteiger partial charge is 0.139 e. The van der Waals surface area contributed by atoms with Gasteiger partial charge in [-0.05, 0) is 47.8 Å². The van der Waals surface area contributed by atoms with E-state index in [2.05, 4.69) is 43.6 Å². The van der Waals surface area contributed by atoms with Crippen LogP contribution < -0.4 is 0 Å². The number of aryl methyl sites for hydroxylation is 1. The van der Waals surface area contributed by atoms with Gasteiger partial charge in [0.15, 0.2) is 0 Å². The van der Waals surface area contributed by atoms with Crippen LogP contribution in [0.3, 0.4) is 0 Å². The molecule has 1 aliphatic rings. The standard InChI is InChI=1S/C11H13BrS/c1-5-6(2)9-10(12)8(4)13-11(9)7(5)3/h6H,1-4H3. The third kappa shape index (κ3) is 1.15. The van der Waals surface area contributed by atoms with E-state index in [0.29, 0.717) is 5.92 Å². The van der Waals surface area contributed by atoms with Crippen LogP contribution in [0, 0.1) is 6.92 Å². The molecule has 0 nitrogen and oxygen atoms in total. The van der Waals surface area contributed by atoms with Crippen LogP contribution in [-0.2, 0) is 0 Å². The van der Waals surface area contributed by atoms with Gasteiger partial charge in [0, 0.05) is 20.1 Å². The minimum atomic E-state index is 0.606. The summed E-state index contributed by atoms with van der Waals surface area (Å²) in [5.74, 6) is 0.606. The molecule has 0 saturated heterocycles. The topological polar surface area (TPSA) is 0 Å². The van der Waals surface area contributed by atoms with Gasteiger partial charge in [0.05, 0.1) is 0 Å². The maximum atomic E-state index is 3.68. The molecule has 1 aromatic rings. The highest BCUT2D eigenvalue weighted by Gasteiger charge is 2.28. The van der Waals surface area contributed by atoms with Crippen LogP contribution in [0.25, 0.3) is 5.57 Å². The molecule has 0 spiro atoms. The van der Waals surface area contributed by atoms with Crippen molar-refractivity contribution in [3.8, 4) is 0 Å². The fraction of sp³-hybridized carbons (Fsp3) is 0.455. The maximum absolute atomic E-state index is 3.68. The molecule has 1 aromatic heterocycles. The molecule has 0 fully saturated rings.